The monoisotopic (exact) mass is 413 g/mol. The molecule has 2 rings (SSSR count). The first-order chi connectivity index (χ1) is 12.5. The summed E-state index contributed by atoms with van der Waals surface area (Å²) in [5.74, 6) is 0.148. The van der Waals surface area contributed by atoms with E-state index in [1.807, 2.05) is 56.3 Å². The zero-order valence-corrected chi connectivity index (χ0v) is 16.6. The maximum absolute atomic E-state index is 11.8. The van der Waals surface area contributed by atoms with Gasteiger partial charge in [-0.15, -0.1) is 0 Å². The van der Waals surface area contributed by atoms with Crippen LogP contribution in [0.4, 0.5) is 0 Å². The maximum atomic E-state index is 11.8. The fraction of sp³-hybridized carbons (Fsp3) is 0.238. The van der Waals surface area contributed by atoms with E-state index in [-0.39, 0.29) is 12.2 Å². The van der Waals surface area contributed by atoms with E-state index in [1.165, 1.54) is 0 Å². The number of esters is 1. The fourth-order valence-corrected chi connectivity index (χ4v) is 2.84. The second-order valence-electron chi connectivity index (χ2n) is 5.74. The van der Waals surface area contributed by atoms with Gasteiger partial charge in [-0.25, -0.2) is 4.79 Å². The largest absolute Gasteiger partial charge is 0.488 e. The average molecular weight is 414 g/mol. The van der Waals surface area contributed by atoms with Gasteiger partial charge in [-0.3, -0.25) is 0 Å². The van der Waals surface area contributed by atoms with Crippen molar-refractivity contribution in [3.63, 3.8) is 0 Å². The smallest absolute Gasteiger partial charge is 0.348 e. The van der Waals surface area contributed by atoms with Gasteiger partial charge in [0.2, 0.25) is 0 Å². The maximum Gasteiger partial charge on any atom is 0.348 e. The molecule has 2 aromatic rings. The molecule has 0 radical (unpaired) electrons. The molecular weight excluding hydrogens is 394 g/mol. The van der Waals surface area contributed by atoms with Crippen molar-refractivity contribution in [3.8, 4) is 11.8 Å². The number of ether oxygens (including phenoxy) is 2. The molecule has 26 heavy (non-hydrogen) atoms. The number of rotatable bonds is 6. The minimum absolute atomic E-state index is 0.0172. The Bertz CT molecular complexity index is 881. The molecule has 2 aromatic carbocycles. The zero-order chi connectivity index (χ0) is 19.1. The predicted molar refractivity (Wildman–Crippen MR) is 105 cm³/mol. The van der Waals surface area contributed by atoms with Crippen LogP contribution in [0, 0.1) is 25.2 Å². The molecule has 4 nitrogen and oxygen atoms in total. The van der Waals surface area contributed by atoms with E-state index in [9.17, 15) is 10.1 Å². The SMILES string of the molecule is CCOC(=O)/C(C#N)=C/c1cc(COc2ccccc2Br)c(C)cc1C. The summed E-state index contributed by atoms with van der Waals surface area (Å²) in [7, 11) is 0. The molecule has 0 spiro atoms. The Labute approximate surface area is 162 Å². The summed E-state index contributed by atoms with van der Waals surface area (Å²) >= 11 is 3.47. The van der Waals surface area contributed by atoms with Gasteiger partial charge in [0.15, 0.2) is 0 Å². The van der Waals surface area contributed by atoms with Gasteiger partial charge in [0.25, 0.3) is 0 Å². The van der Waals surface area contributed by atoms with Crippen molar-refractivity contribution in [2.75, 3.05) is 6.61 Å². The summed E-state index contributed by atoms with van der Waals surface area (Å²) in [6.45, 7) is 6.28. The molecule has 0 aromatic heterocycles. The normalized spacial score (nSPS) is 11.0. The Hall–Kier alpha value is -2.58. The zero-order valence-electron chi connectivity index (χ0n) is 15.0. The van der Waals surface area contributed by atoms with Gasteiger partial charge >= 0.3 is 5.97 Å². The van der Waals surface area contributed by atoms with Crippen LogP contribution in [0.5, 0.6) is 5.75 Å². The van der Waals surface area contributed by atoms with E-state index in [1.54, 1.807) is 13.0 Å². The highest BCUT2D eigenvalue weighted by atomic mass is 79.9. The molecule has 0 aliphatic carbocycles. The minimum atomic E-state index is -0.610. The van der Waals surface area contributed by atoms with Crippen LogP contribution in [0.25, 0.3) is 6.08 Å². The number of hydrogen-bond acceptors (Lipinski definition) is 4. The average Bonchev–Trinajstić information content (AvgIpc) is 2.61. The van der Waals surface area contributed by atoms with Crippen molar-refractivity contribution in [3.05, 3.63) is 68.7 Å². The van der Waals surface area contributed by atoms with Crippen LogP contribution in [-0.4, -0.2) is 12.6 Å². The number of nitrogens with zero attached hydrogens (tertiary/aromatic N) is 1. The Morgan fingerprint density at radius 2 is 1.96 bits per heavy atom. The van der Waals surface area contributed by atoms with Gasteiger partial charge in [0, 0.05) is 0 Å². The van der Waals surface area contributed by atoms with Crippen molar-refractivity contribution in [2.24, 2.45) is 0 Å². The molecule has 5 heteroatoms. The lowest BCUT2D eigenvalue weighted by molar-refractivity contribution is -0.137. The van der Waals surface area contributed by atoms with Crippen molar-refractivity contribution < 1.29 is 14.3 Å². The van der Waals surface area contributed by atoms with Crippen LogP contribution in [-0.2, 0) is 16.1 Å². The lowest BCUT2D eigenvalue weighted by atomic mass is 9.98. The van der Waals surface area contributed by atoms with Gasteiger partial charge in [-0.2, -0.15) is 5.26 Å². The Balaban J connectivity index is 2.30. The van der Waals surface area contributed by atoms with Gasteiger partial charge < -0.3 is 9.47 Å². The summed E-state index contributed by atoms with van der Waals surface area (Å²) in [6.07, 6.45) is 1.56. The molecule has 0 fully saturated rings. The van der Waals surface area contributed by atoms with E-state index in [4.69, 9.17) is 9.47 Å². The molecule has 0 saturated heterocycles. The molecule has 0 heterocycles. The predicted octanol–water partition coefficient (Wildman–Crippen LogP) is 5.12. The molecule has 0 N–H and O–H groups in total. The standard InChI is InChI=1S/C21H20BrNO3/c1-4-25-21(24)17(12-23)10-16-11-18(15(3)9-14(16)2)13-26-20-8-6-5-7-19(20)22/h5-11H,4,13H2,1-3H3/b17-10+. The molecule has 0 unspecified atom stereocenters. The third kappa shape index (κ3) is 4.96. The first-order valence-corrected chi connectivity index (χ1v) is 9.02. The molecule has 134 valence electrons. The van der Waals surface area contributed by atoms with Gasteiger partial charge in [0.05, 0.1) is 11.1 Å². The van der Waals surface area contributed by atoms with Crippen molar-refractivity contribution in [2.45, 2.75) is 27.4 Å². The highest BCUT2D eigenvalue weighted by Crippen LogP contribution is 2.26. The van der Waals surface area contributed by atoms with Crippen LogP contribution in [0.3, 0.4) is 0 Å². The quantitative estimate of drug-likeness (QED) is 0.374. The van der Waals surface area contributed by atoms with E-state index in [0.29, 0.717) is 6.61 Å². The highest BCUT2D eigenvalue weighted by molar-refractivity contribution is 9.10. The van der Waals surface area contributed by atoms with Crippen LogP contribution < -0.4 is 4.74 Å². The summed E-state index contributed by atoms with van der Waals surface area (Å²) in [6, 6.07) is 13.5. The third-order valence-corrected chi connectivity index (χ3v) is 4.52. The Morgan fingerprint density at radius 1 is 1.23 bits per heavy atom. The number of carbonyl (C=O) groups is 1. The van der Waals surface area contributed by atoms with E-state index in [2.05, 4.69) is 15.9 Å². The first-order valence-electron chi connectivity index (χ1n) is 8.22. The van der Waals surface area contributed by atoms with Crippen molar-refractivity contribution in [1.29, 1.82) is 5.26 Å². The van der Waals surface area contributed by atoms with Gasteiger partial charge in [-0.05, 0) is 83.2 Å². The van der Waals surface area contributed by atoms with Crippen LogP contribution in [0.15, 0.2) is 46.4 Å². The van der Waals surface area contributed by atoms with E-state index < -0.39 is 5.97 Å². The third-order valence-electron chi connectivity index (χ3n) is 3.86. The first kappa shape index (κ1) is 19.7. The van der Waals surface area contributed by atoms with E-state index >= 15 is 0 Å². The number of para-hydroxylation sites is 1. The van der Waals surface area contributed by atoms with Crippen molar-refractivity contribution >= 4 is 28.0 Å². The molecule has 0 saturated carbocycles. The summed E-state index contributed by atoms with van der Waals surface area (Å²) in [5.41, 5.74) is 3.83. The Kier molecular flexibility index (Phi) is 6.99. The number of benzene rings is 2. The van der Waals surface area contributed by atoms with Gasteiger partial charge in [0.1, 0.15) is 24.0 Å². The summed E-state index contributed by atoms with van der Waals surface area (Å²) in [4.78, 5) is 11.8. The number of halogens is 1. The summed E-state index contributed by atoms with van der Waals surface area (Å²) < 4.78 is 11.7. The molecule has 0 aliphatic heterocycles. The molecule has 0 atom stereocenters. The number of hydrogen-bond donors (Lipinski definition) is 0. The fourth-order valence-electron chi connectivity index (χ4n) is 2.45. The molecule has 0 bridgehead atoms. The summed E-state index contributed by atoms with van der Waals surface area (Å²) in [5, 5.41) is 9.23. The number of carbonyl (C=O) groups excluding carboxylic acids is 1. The van der Waals surface area contributed by atoms with Crippen LogP contribution >= 0.6 is 15.9 Å². The highest BCUT2D eigenvalue weighted by Gasteiger charge is 2.12. The van der Waals surface area contributed by atoms with Crippen molar-refractivity contribution in [1.82, 2.24) is 0 Å². The van der Waals surface area contributed by atoms with Crippen LogP contribution in [0.2, 0.25) is 0 Å². The Morgan fingerprint density at radius 3 is 2.62 bits per heavy atom. The molecular formula is C21H20BrNO3. The minimum Gasteiger partial charge on any atom is -0.488 e. The number of aryl methyl sites for hydroxylation is 2. The topological polar surface area (TPSA) is 59.3 Å². The second kappa shape index (κ2) is 9.21. The van der Waals surface area contributed by atoms with E-state index in [0.717, 1.165) is 32.5 Å². The number of nitriles is 1. The molecule has 0 aliphatic rings. The molecule has 0 amide bonds. The van der Waals surface area contributed by atoms with Gasteiger partial charge in [-0.1, -0.05) is 18.2 Å². The lowest BCUT2D eigenvalue weighted by Gasteiger charge is -2.13. The second-order valence-corrected chi connectivity index (χ2v) is 6.60. The lowest BCUT2D eigenvalue weighted by Crippen LogP contribution is -2.06. The van der Waals surface area contributed by atoms with Crippen LogP contribution in [0.1, 0.15) is 29.2 Å².